The second-order valence-electron chi connectivity index (χ2n) is 3.87. The lowest BCUT2D eigenvalue weighted by atomic mass is 10.0. The van der Waals surface area contributed by atoms with Gasteiger partial charge in [0.25, 0.3) is 0 Å². The van der Waals surface area contributed by atoms with E-state index in [1.807, 2.05) is 13.8 Å². The summed E-state index contributed by atoms with van der Waals surface area (Å²) in [5, 5.41) is 19.4. The molecule has 0 atom stereocenters. The van der Waals surface area contributed by atoms with Gasteiger partial charge in [-0.05, 0) is 56.5 Å². The molecular formula is C13H16O2. The SMILES string of the molecule is CC(C)=C=Cc1cc(O)c(C)c(C)c1O. The van der Waals surface area contributed by atoms with E-state index in [1.54, 1.807) is 26.0 Å². The minimum atomic E-state index is 0.201. The number of benzene rings is 1. The molecule has 0 radical (unpaired) electrons. The summed E-state index contributed by atoms with van der Waals surface area (Å²) < 4.78 is 0. The first-order valence-corrected chi connectivity index (χ1v) is 4.85. The molecule has 0 bridgehead atoms. The summed E-state index contributed by atoms with van der Waals surface area (Å²) >= 11 is 0. The Bertz CT molecular complexity index is 446. The van der Waals surface area contributed by atoms with E-state index in [0.29, 0.717) is 16.7 Å². The largest absolute Gasteiger partial charge is 0.508 e. The summed E-state index contributed by atoms with van der Waals surface area (Å²) in [6.07, 6.45) is 1.68. The number of allylic oxidation sites excluding steroid dienone is 1. The molecule has 0 amide bonds. The molecule has 0 heterocycles. The fourth-order valence-corrected chi connectivity index (χ4v) is 1.24. The van der Waals surface area contributed by atoms with Crippen LogP contribution in [0.5, 0.6) is 11.5 Å². The zero-order chi connectivity index (χ0) is 11.6. The third-order valence-corrected chi connectivity index (χ3v) is 2.38. The highest BCUT2D eigenvalue weighted by molar-refractivity contribution is 5.63. The Hall–Kier alpha value is -1.66. The summed E-state index contributed by atoms with van der Waals surface area (Å²) in [6, 6.07) is 1.55. The van der Waals surface area contributed by atoms with Crippen LogP contribution in [0.2, 0.25) is 0 Å². The topological polar surface area (TPSA) is 40.5 Å². The van der Waals surface area contributed by atoms with Crippen molar-refractivity contribution in [3.05, 3.63) is 34.1 Å². The van der Waals surface area contributed by atoms with E-state index in [1.165, 1.54) is 0 Å². The van der Waals surface area contributed by atoms with E-state index in [9.17, 15) is 10.2 Å². The first kappa shape index (κ1) is 11.4. The molecule has 1 aromatic carbocycles. The molecule has 0 fully saturated rings. The van der Waals surface area contributed by atoms with Crippen LogP contribution < -0.4 is 0 Å². The van der Waals surface area contributed by atoms with Gasteiger partial charge < -0.3 is 10.2 Å². The first-order chi connectivity index (χ1) is 6.93. The third kappa shape index (κ3) is 2.42. The second-order valence-corrected chi connectivity index (χ2v) is 3.87. The number of rotatable bonds is 1. The zero-order valence-corrected chi connectivity index (χ0v) is 9.55. The summed E-state index contributed by atoms with van der Waals surface area (Å²) in [7, 11) is 0. The molecule has 0 saturated carbocycles. The Kier molecular flexibility index (Phi) is 3.23. The van der Waals surface area contributed by atoms with Crippen molar-refractivity contribution in [2.75, 3.05) is 0 Å². The van der Waals surface area contributed by atoms with Crippen LogP contribution >= 0.6 is 0 Å². The van der Waals surface area contributed by atoms with Crippen LogP contribution in [0.15, 0.2) is 17.4 Å². The zero-order valence-electron chi connectivity index (χ0n) is 9.55. The van der Waals surface area contributed by atoms with Crippen molar-refractivity contribution in [1.29, 1.82) is 0 Å². The lowest BCUT2D eigenvalue weighted by Gasteiger charge is -2.08. The fraction of sp³-hybridized carbons (Fsp3) is 0.308. The van der Waals surface area contributed by atoms with Crippen LogP contribution in [0.4, 0.5) is 0 Å². The highest BCUT2D eigenvalue weighted by Gasteiger charge is 2.08. The first-order valence-electron chi connectivity index (χ1n) is 4.85. The maximum Gasteiger partial charge on any atom is 0.126 e. The summed E-state index contributed by atoms with van der Waals surface area (Å²) in [5.74, 6) is 0.408. The predicted octanol–water partition coefficient (Wildman–Crippen LogP) is 3.29. The normalized spacial score (nSPS) is 9.60. The molecule has 2 N–H and O–H groups in total. The van der Waals surface area contributed by atoms with Gasteiger partial charge in [-0.3, -0.25) is 0 Å². The molecular weight excluding hydrogens is 188 g/mol. The van der Waals surface area contributed by atoms with Crippen molar-refractivity contribution < 1.29 is 10.2 Å². The Morgan fingerprint density at radius 3 is 2.33 bits per heavy atom. The predicted molar refractivity (Wildman–Crippen MR) is 62.1 cm³/mol. The molecule has 0 spiro atoms. The van der Waals surface area contributed by atoms with E-state index < -0.39 is 0 Å². The van der Waals surface area contributed by atoms with Gasteiger partial charge in [0, 0.05) is 5.56 Å². The van der Waals surface area contributed by atoms with Crippen LogP contribution in [-0.2, 0) is 0 Å². The number of phenols is 2. The maximum absolute atomic E-state index is 9.82. The standard InChI is InChI=1S/C13H16O2/c1-8(2)5-6-11-7-12(14)9(3)10(4)13(11)15/h6-7,14-15H,1-4H3. The molecule has 15 heavy (non-hydrogen) atoms. The lowest BCUT2D eigenvalue weighted by Crippen LogP contribution is -1.86. The molecule has 0 aromatic heterocycles. The Morgan fingerprint density at radius 2 is 1.80 bits per heavy atom. The van der Waals surface area contributed by atoms with Gasteiger partial charge in [-0.25, -0.2) is 0 Å². The lowest BCUT2D eigenvalue weighted by molar-refractivity contribution is 0.452. The van der Waals surface area contributed by atoms with Gasteiger partial charge in [0.05, 0.1) is 0 Å². The van der Waals surface area contributed by atoms with Crippen LogP contribution in [0.1, 0.15) is 30.5 Å². The molecule has 0 aliphatic carbocycles. The second kappa shape index (κ2) is 4.24. The van der Waals surface area contributed by atoms with Gasteiger partial charge >= 0.3 is 0 Å². The maximum atomic E-state index is 9.82. The van der Waals surface area contributed by atoms with Gasteiger partial charge in [0.2, 0.25) is 0 Å². The van der Waals surface area contributed by atoms with Crippen molar-refractivity contribution in [1.82, 2.24) is 0 Å². The highest BCUT2D eigenvalue weighted by atomic mass is 16.3. The molecule has 0 aliphatic rings. The van der Waals surface area contributed by atoms with Gasteiger partial charge in [0.1, 0.15) is 11.5 Å². The number of hydrogen-bond donors (Lipinski definition) is 2. The summed E-state index contributed by atoms with van der Waals surface area (Å²) in [5.41, 5.74) is 6.03. The minimum Gasteiger partial charge on any atom is -0.508 e. The Labute approximate surface area is 90.2 Å². The molecule has 0 saturated heterocycles. The van der Waals surface area contributed by atoms with Gasteiger partial charge in [-0.2, -0.15) is 0 Å². The van der Waals surface area contributed by atoms with Gasteiger partial charge in [-0.1, -0.05) is 0 Å². The average Bonchev–Trinajstić information content (AvgIpc) is 2.18. The van der Waals surface area contributed by atoms with E-state index in [4.69, 9.17) is 0 Å². The molecule has 1 rings (SSSR count). The van der Waals surface area contributed by atoms with Gasteiger partial charge in [0.15, 0.2) is 0 Å². The van der Waals surface area contributed by atoms with Crippen molar-refractivity contribution in [3.8, 4) is 11.5 Å². The Balaban J connectivity index is 3.40. The summed E-state index contributed by atoms with van der Waals surface area (Å²) in [6.45, 7) is 7.41. The minimum absolute atomic E-state index is 0.201. The van der Waals surface area contributed by atoms with Crippen LogP contribution in [0, 0.1) is 13.8 Å². The van der Waals surface area contributed by atoms with E-state index in [0.717, 1.165) is 5.57 Å². The molecule has 0 aliphatic heterocycles. The fourth-order valence-electron chi connectivity index (χ4n) is 1.24. The monoisotopic (exact) mass is 204 g/mol. The highest BCUT2D eigenvalue weighted by Crippen LogP contribution is 2.32. The quantitative estimate of drug-likeness (QED) is 0.544. The number of aromatic hydroxyl groups is 2. The Morgan fingerprint density at radius 1 is 1.20 bits per heavy atom. The molecule has 2 heteroatoms. The molecule has 80 valence electrons. The molecule has 0 unspecified atom stereocenters. The van der Waals surface area contributed by atoms with E-state index >= 15 is 0 Å². The van der Waals surface area contributed by atoms with Crippen molar-refractivity contribution >= 4 is 6.08 Å². The van der Waals surface area contributed by atoms with Crippen molar-refractivity contribution in [3.63, 3.8) is 0 Å². The summed E-state index contributed by atoms with van der Waals surface area (Å²) in [4.78, 5) is 0. The van der Waals surface area contributed by atoms with Crippen LogP contribution in [0.25, 0.3) is 6.08 Å². The average molecular weight is 204 g/mol. The smallest absolute Gasteiger partial charge is 0.126 e. The molecule has 2 nitrogen and oxygen atoms in total. The van der Waals surface area contributed by atoms with Crippen LogP contribution in [-0.4, -0.2) is 10.2 Å². The number of phenolic OH excluding ortho intramolecular Hbond substituents is 2. The van der Waals surface area contributed by atoms with Gasteiger partial charge in [-0.15, -0.1) is 5.73 Å². The van der Waals surface area contributed by atoms with Crippen molar-refractivity contribution in [2.45, 2.75) is 27.7 Å². The number of hydrogen-bond acceptors (Lipinski definition) is 2. The third-order valence-electron chi connectivity index (χ3n) is 2.38. The van der Waals surface area contributed by atoms with E-state index in [2.05, 4.69) is 5.73 Å². The van der Waals surface area contributed by atoms with Crippen LogP contribution in [0.3, 0.4) is 0 Å². The molecule has 1 aromatic rings. The van der Waals surface area contributed by atoms with Crippen molar-refractivity contribution in [2.24, 2.45) is 0 Å². The van der Waals surface area contributed by atoms with E-state index in [-0.39, 0.29) is 11.5 Å².